The number of hydrogen-bond acceptors (Lipinski definition) is 2. The van der Waals surface area contributed by atoms with Crippen LogP contribution >= 0.6 is 0 Å². The molecule has 4 rings (SSSR count). The fraction of sp³-hybridized carbons (Fsp3) is 0.278. The molecule has 0 saturated carbocycles. The van der Waals surface area contributed by atoms with E-state index in [0.717, 1.165) is 48.3 Å². The lowest BCUT2D eigenvalue weighted by molar-refractivity contribution is -0.125. The molecule has 3 nitrogen and oxygen atoms in total. The molecule has 1 spiro atoms. The standard InChI is InChI=1S/C18H17FN2O/c19-15-4-1-12(2-5-15)13-3-6-16-14(9-13)10-18(17(22)21-16)7-8-20-11-18/h1-6,9,20H,7-8,10-11H2,(H,21,22). The molecule has 1 unspecified atom stereocenters. The molecule has 0 radical (unpaired) electrons. The number of carbonyl (C=O) groups excluding carboxylic acids is 1. The highest BCUT2D eigenvalue weighted by Gasteiger charge is 2.44. The topological polar surface area (TPSA) is 41.1 Å². The molecule has 22 heavy (non-hydrogen) atoms. The minimum Gasteiger partial charge on any atom is -0.325 e. The van der Waals surface area contributed by atoms with E-state index in [0.29, 0.717) is 0 Å². The second-order valence-corrected chi connectivity index (χ2v) is 6.22. The lowest BCUT2D eigenvalue weighted by atomic mass is 9.76. The Morgan fingerprint density at radius 2 is 1.82 bits per heavy atom. The van der Waals surface area contributed by atoms with Gasteiger partial charge >= 0.3 is 0 Å². The monoisotopic (exact) mass is 296 g/mol. The van der Waals surface area contributed by atoms with Gasteiger partial charge in [-0.1, -0.05) is 18.2 Å². The second kappa shape index (κ2) is 4.92. The molecule has 1 saturated heterocycles. The SMILES string of the molecule is O=C1Nc2ccc(-c3ccc(F)cc3)cc2CC12CCNC2. The van der Waals surface area contributed by atoms with Crippen LogP contribution in [-0.4, -0.2) is 19.0 Å². The van der Waals surface area contributed by atoms with E-state index in [2.05, 4.69) is 16.7 Å². The summed E-state index contributed by atoms with van der Waals surface area (Å²) in [5, 5.41) is 6.34. The van der Waals surface area contributed by atoms with Crippen molar-refractivity contribution in [1.82, 2.24) is 5.32 Å². The van der Waals surface area contributed by atoms with Crippen LogP contribution in [0.5, 0.6) is 0 Å². The molecule has 0 aliphatic carbocycles. The van der Waals surface area contributed by atoms with Crippen LogP contribution in [0.4, 0.5) is 10.1 Å². The van der Waals surface area contributed by atoms with Crippen molar-refractivity contribution < 1.29 is 9.18 Å². The average Bonchev–Trinajstić information content (AvgIpc) is 2.98. The van der Waals surface area contributed by atoms with Crippen LogP contribution in [0.2, 0.25) is 0 Å². The van der Waals surface area contributed by atoms with Crippen molar-refractivity contribution in [3.05, 3.63) is 53.8 Å². The molecule has 1 atom stereocenters. The predicted molar refractivity (Wildman–Crippen MR) is 84.1 cm³/mol. The maximum absolute atomic E-state index is 13.1. The average molecular weight is 296 g/mol. The third-order valence-corrected chi connectivity index (χ3v) is 4.79. The zero-order chi connectivity index (χ0) is 15.2. The highest BCUT2D eigenvalue weighted by molar-refractivity contribution is 5.99. The summed E-state index contributed by atoms with van der Waals surface area (Å²) in [6.45, 7) is 1.62. The fourth-order valence-electron chi connectivity index (χ4n) is 3.47. The van der Waals surface area contributed by atoms with Crippen molar-refractivity contribution in [2.75, 3.05) is 18.4 Å². The quantitative estimate of drug-likeness (QED) is 0.849. The molecule has 2 aromatic carbocycles. The highest BCUT2D eigenvalue weighted by atomic mass is 19.1. The van der Waals surface area contributed by atoms with E-state index in [1.54, 1.807) is 12.1 Å². The Morgan fingerprint density at radius 3 is 2.55 bits per heavy atom. The molecule has 112 valence electrons. The first-order valence-electron chi connectivity index (χ1n) is 7.57. The summed E-state index contributed by atoms with van der Waals surface area (Å²) in [4.78, 5) is 12.4. The molecule has 2 heterocycles. The fourth-order valence-corrected chi connectivity index (χ4v) is 3.47. The van der Waals surface area contributed by atoms with Crippen LogP contribution in [0.3, 0.4) is 0 Å². The van der Waals surface area contributed by atoms with Crippen molar-refractivity contribution in [3.63, 3.8) is 0 Å². The van der Waals surface area contributed by atoms with Crippen LogP contribution in [0.25, 0.3) is 11.1 Å². The summed E-state index contributed by atoms with van der Waals surface area (Å²) < 4.78 is 13.1. The zero-order valence-electron chi connectivity index (χ0n) is 12.2. The van der Waals surface area contributed by atoms with Crippen LogP contribution < -0.4 is 10.6 Å². The molecule has 1 amide bonds. The van der Waals surface area contributed by atoms with Gasteiger partial charge < -0.3 is 10.6 Å². The number of halogens is 1. The summed E-state index contributed by atoms with van der Waals surface area (Å²) in [6.07, 6.45) is 1.63. The smallest absolute Gasteiger partial charge is 0.232 e. The van der Waals surface area contributed by atoms with Crippen molar-refractivity contribution in [2.24, 2.45) is 5.41 Å². The molecular formula is C18H17FN2O. The van der Waals surface area contributed by atoms with Crippen molar-refractivity contribution >= 4 is 11.6 Å². The Hall–Kier alpha value is -2.20. The van der Waals surface area contributed by atoms with E-state index in [9.17, 15) is 9.18 Å². The molecule has 0 aromatic heterocycles. The van der Waals surface area contributed by atoms with E-state index in [1.807, 2.05) is 12.1 Å². The van der Waals surface area contributed by atoms with Gasteiger partial charge in [0.2, 0.25) is 5.91 Å². The van der Waals surface area contributed by atoms with Gasteiger partial charge in [-0.2, -0.15) is 0 Å². The number of amides is 1. The van der Waals surface area contributed by atoms with Crippen LogP contribution in [0, 0.1) is 11.2 Å². The van der Waals surface area contributed by atoms with Gasteiger partial charge in [-0.3, -0.25) is 4.79 Å². The Morgan fingerprint density at radius 1 is 1.05 bits per heavy atom. The first-order valence-corrected chi connectivity index (χ1v) is 7.57. The van der Waals surface area contributed by atoms with Gasteiger partial charge in [0.1, 0.15) is 5.82 Å². The van der Waals surface area contributed by atoms with Crippen molar-refractivity contribution in [1.29, 1.82) is 0 Å². The van der Waals surface area contributed by atoms with E-state index in [1.165, 1.54) is 12.1 Å². The van der Waals surface area contributed by atoms with Gasteiger partial charge in [-0.05, 0) is 60.3 Å². The number of hydrogen-bond donors (Lipinski definition) is 2. The second-order valence-electron chi connectivity index (χ2n) is 6.22. The first-order chi connectivity index (χ1) is 10.7. The molecule has 4 heteroatoms. The molecular weight excluding hydrogens is 279 g/mol. The number of rotatable bonds is 1. The van der Waals surface area contributed by atoms with E-state index in [4.69, 9.17) is 0 Å². The van der Waals surface area contributed by atoms with Crippen LogP contribution in [0.1, 0.15) is 12.0 Å². The van der Waals surface area contributed by atoms with E-state index in [-0.39, 0.29) is 17.1 Å². The molecule has 2 aromatic rings. The lowest BCUT2D eigenvalue weighted by Gasteiger charge is -2.33. The van der Waals surface area contributed by atoms with Crippen molar-refractivity contribution in [3.8, 4) is 11.1 Å². The Labute approximate surface area is 128 Å². The maximum Gasteiger partial charge on any atom is 0.232 e. The summed E-state index contributed by atoms with van der Waals surface area (Å²) >= 11 is 0. The number of fused-ring (bicyclic) bond motifs is 1. The third-order valence-electron chi connectivity index (χ3n) is 4.79. The Balaban J connectivity index is 1.72. The molecule has 2 N–H and O–H groups in total. The minimum absolute atomic E-state index is 0.125. The van der Waals surface area contributed by atoms with E-state index < -0.39 is 0 Å². The predicted octanol–water partition coefficient (Wildman–Crippen LogP) is 2.97. The normalized spacial score (nSPS) is 23.4. The summed E-state index contributed by atoms with van der Waals surface area (Å²) in [5.41, 5.74) is 3.78. The minimum atomic E-state index is -0.311. The van der Waals surface area contributed by atoms with Gasteiger partial charge in [-0.25, -0.2) is 4.39 Å². The molecule has 1 fully saturated rings. The Kier molecular flexibility index (Phi) is 3.01. The number of anilines is 1. The zero-order valence-corrected chi connectivity index (χ0v) is 12.2. The van der Waals surface area contributed by atoms with Crippen molar-refractivity contribution in [2.45, 2.75) is 12.8 Å². The van der Waals surface area contributed by atoms with Gasteiger partial charge in [0, 0.05) is 12.2 Å². The summed E-state index contributed by atoms with van der Waals surface area (Å²) in [5.74, 6) is -0.107. The summed E-state index contributed by atoms with van der Waals surface area (Å²) in [7, 11) is 0. The Bertz CT molecular complexity index is 733. The first kappa shape index (κ1) is 13.5. The lowest BCUT2D eigenvalue weighted by Crippen LogP contribution is -2.43. The summed E-state index contributed by atoms with van der Waals surface area (Å²) in [6, 6.07) is 12.5. The third kappa shape index (κ3) is 2.11. The number of carbonyl (C=O) groups is 1. The molecule has 2 aliphatic rings. The number of benzene rings is 2. The number of nitrogens with one attached hydrogen (secondary N) is 2. The van der Waals surface area contributed by atoms with Gasteiger partial charge in [-0.15, -0.1) is 0 Å². The van der Waals surface area contributed by atoms with Gasteiger partial charge in [0.15, 0.2) is 0 Å². The van der Waals surface area contributed by atoms with Crippen LogP contribution in [-0.2, 0) is 11.2 Å². The maximum atomic E-state index is 13.1. The largest absolute Gasteiger partial charge is 0.325 e. The molecule has 2 aliphatic heterocycles. The van der Waals surface area contributed by atoms with Crippen LogP contribution in [0.15, 0.2) is 42.5 Å². The van der Waals surface area contributed by atoms with Gasteiger partial charge in [0.25, 0.3) is 0 Å². The molecule has 0 bridgehead atoms. The highest BCUT2D eigenvalue weighted by Crippen LogP contribution is 2.39. The van der Waals surface area contributed by atoms with E-state index >= 15 is 0 Å². The van der Waals surface area contributed by atoms with Gasteiger partial charge in [0.05, 0.1) is 5.41 Å².